The van der Waals surface area contributed by atoms with E-state index in [9.17, 15) is 14.0 Å². The smallest absolute Gasteiger partial charge is 0.338 e. The van der Waals surface area contributed by atoms with Gasteiger partial charge < -0.3 is 15.2 Å². The van der Waals surface area contributed by atoms with Gasteiger partial charge in [0.25, 0.3) is 5.92 Å². The quantitative estimate of drug-likeness (QED) is 0.357. The molecule has 8 nitrogen and oxygen atoms in total. The molecule has 0 bridgehead atoms. The van der Waals surface area contributed by atoms with E-state index in [0.29, 0.717) is 33.1 Å². The van der Waals surface area contributed by atoms with E-state index in [1.165, 1.54) is 29.5 Å². The van der Waals surface area contributed by atoms with Crippen LogP contribution in [0.5, 0.6) is 0 Å². The molecule has 2 atom stereocenters. The highest BCUT2D eigenvalue weighted by atomic mass is 79.9. The summed E-state index contributed by atoms with van der Waals surface area (Å²) in [7, 11) is 0. The van der Waals surface area contributed by atoms with Gasteiger partial charge in [0.1, 0.15) is 11.9 Å². The lowest BCUT2D eigenvalue weighted by atomic mass is 9.93. The summed E-state index contributed by atoms with van der Waals surface area (Å²) in [5.74, 6) is -5.99. The number of amidine groups is 1. The number of carboxylic acids is 1. The Morgan fingerprint density at radius 1 is 1.38 bits per heavy atom. The van der Waals surface area contributed by atoms with Crippen LogP contribution in [0.25, 0.3) is 0 Å². The summed E-state index contributed by atoms with van der Waals surface area (Å²) in [6, 6.07) is 3.15. The van der Waals surface area contributed by atoms with Crippen LogP contribution in [0.2, 0.25) is 0 Å². The number of rotatable bonds is 10. The van der Waals surface area contributed by atoms with Gasteiger partial charge >= 0.3 is 11.9 Å². The first kappa shape index (κ1) is 29.6. The van der Waals surface area contributed by atoms with E-state index in [-0.39, 0.29) is 36.7 Å². The Balaban J connectivity index is 1.67. The fourth-order valence-corrected chi connectivity index (χ4v) is 6.62. The number of benzene rings is 1. The summed E-state index contributed by atoms with van der Waals surface area (Å²) < 4.78 is 49.8. The Hall–Kier alpha value is -2.42. The van der Waals surface area contributed by atoms with Crippen LogP contribution < -0.4 is 5.32 Å². The van der Waals surface area contributed by atoms with Crippen molar-refractivity contribution in [2.45, 2.75) is 25.3 Å². The molecule has 3 heterocycles. The van der Waals surface area contributed by atoms with E-state index in [1.54, 1.807) is 23.4 Å². The third kappa shape index (κ3) is 7.21. The minimum atomic E-state index is -3.05. The number of aliphatic imine (C=N–C) groups is 1. The van der Waals surface area contributed by atoms with Crippen molar-refractivity contribution in [3.63, 3.8) is 0 Å². The van der Waals surface area contributed by atoms with E-state index >= 15 is 8.78 Å². The van der Waals surface area contributed by atoms with Gasteiger partial charge in [-0.05, 0) is 37.6 Å². The van der Waals surface area contributed by atoms with Crippen molar-refractivity contribution in [1.82, 2.24) is 15.2 Å². The monoisotopic (exact) mass is 646 g/mol. The first-order valence-corrected chi connectivity index (χ1v) is 14.9. The van der Waals surface area contributed by atoms with Crippen molar-refractivity contribution in [2.75, 3.05) is 37.7 Å². The first-order chi connectivity index (χ1) is 18.6. The van der Waals surface area contributed by atoms with Crippen molar-refractivity contribution in [1.29, 1.82) is 0 Å². The SMILES string of the molecule is CCOC(=O)C1=C(CN2CCC(CSCC(=O)O)C(F)(F)C2)NC(c2nccs2)=N[C@H]1c1ccc(F)cc1Br. The van der Waals surface area contributed by atoms with Crippen LogP contribution in [0.1, 0.15) is 30.0 Å². The molecule has 14 heteroatoms. The van der Waals surface area contributed by atoms with Crippen LogP contribution >= 0.6 is 39.0 Å². The third-order valence-electron chi connectivity index (χ3n) is 6.27. The molecule has 2 aromatic rings. The maximum absolute atomic E-state index is 15.1. The maximum atomic E-state index is 15.1. The average Bonchev–Trinajstić information content (AvgIpc) is 3.40. The number of hydrogen-bond acceptors (Lipinski definition) is 9. The zero-order chi connectivity index (χ0) is 28.2. The van der Waals surface area contributed by atoms with E-state index in [2.05, 4.69) is 26.2 Å². The molecule has 0 aliphatic carbocycles. The minimum absolute atomic E-state index is 0.0154. The Labute approximate surface area is 239 Å². The molecule has 39 heavy (non-hydrogen) atoms. The Morgan fingerprint density at radius 2 is 2.18 bits per heavy atom. The molecule has 0 radical (unpaired) electrons. The van der Waals surface area contributed by atoms with Gasteiger partial charge in [-0.2, -0.15) is 0 Å². The molecule has 4 rings (SSSR count). The number of halogens is 4. The summed E-state index contributed by atoms with van der Waals surface area (Å²) >= 11 is 5.67. The molecular weight excluding hydrogens is 621 g/mol. The van der Waals surface area contributed by atoms with Crippen LogP contribution in [-0.4, -0.2) is 76.4 Å². The Bertz CT molecular complexity index is 1280. The molecule has 0 spiro atoms. The number of ether oxygens (including phenoxy) is 1. The van der Waals surface area contributed by atoms with Crippen molar-refractivity contribution >= 4 is 56.8 Å². The number of thioether (sulfide) groups is 1. The van der Waals surface area contributed by atoms with Gasteiger partial charge in [-0.3, -0.25) is 14.7 Å². The summed E-state index contributed by atoms with van der Waals surface area (Å²) in [5, 5.41) is 14.3. The van der Waals surface area contributed by atoms with Gasteiger partial charge in [-0.1, -0.05) is 22.0 Å². The van der Waals surface area contributed by atoms with Gasteiger partial charge in [0, 0.05) is 40.0 Å². The second kappa shape index (κ2) is 12.8. The van der Waals surface area contributed by atoms with Gasteiger partial charge in [0.15, 0.2) is 10.8 Å². The Morgan fingerprint density at radius 3 is 2.82 bits per heavy atom. The molecule has 1 saturated heterocycles. The maximum Gasteiger partial charge on any atom is 0.338 e. The topological polar surface area (TPSA) is 104 Å². The number of nitrogens with zero attached hydrogens (tertiary/aromatic N) is 3. The standard InChI is InChI=1S/C25H26BrF3N4O4S2/c1-2-37-24(36)20-18(10-33-7-5-14(25(28,29)13-33)11-38-12-19(34)35)31-22(23-30-6-8-39-23)32-21(20)16-4-3-15(27)9-17(16)26/h3-4,6,8-9,14,21H,2,5,7,10-13H2,1H3,(H,31,32)(H,34,35)/t14?,21-/m0/s1. The van der Waals surface area contributed by atoms with E-state index in [0.717, 1.165) is 11.8 Å². The van der Waals surface area contributed by atoms with Gasteiger partial charge in [0.05, 0.1) is 24.5 Å². The lowest BCUT2D eigenvalue weighted by molar-refractivity contribution is -0.139. The number of carboxylic acid groups (broad SMARTS) is 1. The zero-order valence-corrected chi connectivity index (χ0v) is 24.1. The zero-order valence-electron chi connectivity index (χ0n) is 20.8. The summed E-state index contributed by atoms with van der Waals surface area (Å²) in [5.41, 5.74) is 1.00. The average molecular weight is 648 g/mol. The number of aromatic nitrogens is 1. The second-order valence-electron chi connectivity index (χ2n) is 8.99. The van der Waals surface area contributed by atoms with Gasteiger partial charge in [-0.25, -0.2) is 22.9 Å². The molecule has 2 N–H and O–H groups in total. The summed E-state index contributed by atoms with van der Waals surface area (Å²) in [6.07, 6.45) is 1.77. The fourth-order valence-electron chi connectivity index (χ4n) is 4.48. The Kier molecular flexibility index (Phi) is 9.73. The van der Waals surface area contributed by atoms with Crippen LogP contribution in [0.3, 0.4) is 0 Å². The highest BCUT2D eigenvalue weighted by molar-refractivity contribution is 9.10. The van der Waals surface area contributed by atoms with E-state index in [4.69, 9.17) is 14.8 Å². The number of carbonyl (C=O) groups excluding carboxylic acids is 1. The normalized spacial score (nSPS) is 21.3. The predicted molar refractivity (Wildman–Crippen MR) is 147 cm³/mol. The number of nitrogens with one attached hydrogen (secondary N) is 1. The molecule has 0 amide bonds. The number of aliphatic carboxylic acids is 1. The van der Waals surface area contributed by atoms with E-state index in [1.807, 2.05) is 0 Å². The number of piperidine rings is 1. The molecule has 210 valence electrons. The molecule has 1 fully saturated rings. The van der Waals surface area contributed by atoms with E-state index < -0.39 is 42.2 Å². The molecule has 1 aromatic carbocycles. The van der Waals surface area contributed by atoms with Crippen LogP contribution in [0.15, 0.2) is 50.5 Å². The highest BCUT2D eigenvalue weighted by Gasteiger charge is 2.45. The van der Waals surface area contributed by atoms with Crippen molar-refractivity contribution in [3.05, 3.63) is 61.9 Å². The number of likely N-dealkylation sites (tertiary alicyclic amines) is 1. The fraction of sp³-hybridized carbons (Fsp3) is 0.440. The predicted octanol–water partition coefficient (Wildman–Crippen LogP) is 4.73. The lowest BCUT2D eigenvalue weighted by Crippen LogP contribution is -2.51. The molecule has 1 unspecified atom stereocenters. The van der Waals surface area contributed by atoms with Crippen molar-refractivity contribution in [3.8, 4) is 0 Å². The molecule has 2 aliphatic rings. The number of alkyl halides is 2. The third-order valence-corrected chi connectivity index (χ3v) is 8.82. The van der Waals surface area contributed by atoms with Gasteiger partial charge in [-0.15, -0.1) is 23.1 Å². The highest BCUT2D eigenvalue weighted by Crippen LogP contribution is 2.39. The number of esters is 1. The number of carbonyl (C=O) groups is 2. The summed E-state index contributed by atoms with van der Waals surface area (Å²) in [6.45, 7) is 1.51. The van der Waals surface area contributed by atoms with Gasteiger partial charge in [0.2, 0.25) is 0 Å². The first-order valence-electron chi connectivity index (χ1n) is 12.1. The summed E-state index contributed by atoms with van der Waals surface area (Å²) in [4.78, 5) is 34.6. The molecular formula is C25H26BrF3N4O4S2. The molecule has 1 aromatic heterocycles. The molecule has 0 saturated carbocycles. The molecule has 2 aliphatic heterocycles. The number of thiazole rings is 1. The lowest BCUT2D eigenvalue weighted by Gasteiger charge is -2.39. The second-order valence-corrected chi connectivity index (χ2v) is 11.8. The van der Waals surface area contributed by atoms with Crippen LogP contribution in [-0.2, 0) is 14.3 Å². The largest absolute Gasteiger partial charge is 0.481 e. The minimum Gasteiger partial charge on any atom is -0.481 e. The van der Waals surface area contributed by atoms with Crippen LogP contribution in [0, 0.1) is 11.7 Å². The number of hydrogen-bond donors (Lipinski definition) is 2. The van der Waals surface area contributed by atoms with Crippen molar-refractivity contribution in [2.24, 2.45) is 10.9 Å². The van der Waals surface area contributed by atoms with Crippen molar-refractivity contribution < 1.29 is 32.6 Å². The van der Waals surface area contributed by atoms with Crippen LogP contribution in [0.4, 0.5) is 13.2 Å².